The van der Waals surface area contributed by atoms with Gasteiger partial charge in [0.05, 0.1) is 12.3 Å². The van der Waals surface area contributed by atoms with Crippen molar-refractivity contribution < 1.29 is 4.74 Å². The molecule has 0 saturated carbocycles. The van der Waals surface area contributed by atoms with Crippen molar-refractivity contribution in [2.24, 2.45) is 5.41 Å². The van der Waals surface area contributed by atoms with E-state index in [0.717, 1.165) is 24.8 Å². The van der Waals surface area contributed by atoms with Gasteiger partial charge in [0.2, 0.25) is 0 Å². The zero-order chi connectivity index (χ0) is 10.0. The third kappa shape index (κ3) is 1.85. The van der Waals surface area contributed by atoms with Crippen LogP contribution in [-0.4, -0.2) is 27.6 Å². The standard InChI is InChI=1S/C9H13BrN2OS/c1-7-9(6-10,2-3-13-7)4-8-5-11-12-14-8/h5,7H,2-4,6H2,1H3. The molecular weight excluding hydrogens is 264 g/mol. The Morgan fingerprint density at radius 3 is 3.14 bits per heavy atom. The zero-order valence-corrected chi connectivity index (χ0v) is 10.5. The van der Waals surface area contributed by atoms with Crippen LogP contribution < -0.4 is 0 Å². The number of alkyl halides is 1. The molecular formula is C9H13BrN2OS. The van der Waals surface area contributed by atoms with Gasteiger partial charge in [-0.3, -0.25) is 0 Å². The number of hydrogen-bond donors (Lipinski definition) is 0. The van der Waals surface area contributed by atoms with E-state index in [4.69, 9.17) is 4.74 Å². The molecule has 1 aromatic rings. The number of aromatic nitrogens is 2. The molecule has 0 amide bonds. The second-order valence-electron chi connectivity index (χ2n) is 3.82. The Kier molecular flexibility index (Phi) is 3.19. The van der Waals surface area contributed by atoms with Crippen LogP contribution in [0.25, 0.3) is 0 Å². The lowest BCUT2D eigenvalue weighted by molar-refractivity contribution is 0.0749. The summed E-state index contributed by atoms with van der Waals surface area (Å²) >= 11 is 5.09. The van der Waals surface area contributed by atoms with Gasteiger partial charge >= 0.3 is 0 Å². The van der Waals surface area contributed by atoms with Gasteiger partial charge in [-0.05, 0) is 31.3 Å². The molecule has 1 aliphatic heterocycles. The number of rotatable bonds is 3. The first-order chi connectivity index (χ1) is 6.77. The summed E-state index contributed by atoms with van der Waals surface area (Å²) in [5.41, 5.74) is 0.244. The summed E-state index contributed by atoms with van der Waals surface area (Å²) in [6.07, 6.45) is 4.33. The van der Waals surface area contributed by atoms with E-state index in [1.165, 1.54) is 16.4 Å². The molecule has 2 unspecified atom stereocenters. The molecule has 0 N–H and O–H groups in total. The summed E-state index contributed by atoms with van der Waals surface area (Å²) in [5.74, 6) is 0. The van der Waals surface area contributed by atoms with E-state index in [-0.39, 0.29) is 5.41 Å². The fraction of sp³-hybridized carbons (Fsp3) is 0.778. The van der Waals surface area contributed by atoms with Crippen LogP contribution in [0, 0.1) is 5.41 Å². The molecule has 2 heterocycles. The molecule has 3 nitrogen and oxygen atoms in total. The Hall–Kier alpha value is -0.0000000000000000278. The molecule has 5 heteroatoms. The first-order valence-corrected chi connectivity index (χ1v) is 6.60. The van der Waals surface area contributed by atoms with E-state index in [2.05, 4.69) is 32.4 Å². The molecule has 0 aliphatic carbocycles. The van der Waals surface area contributed by atoms with Crippen LogP contribution in [-0.2, 0) is 11.2 Å². The lowest BCUT2D eigenvalue weighted by atomic mass is 9.80. The Morgan fingerprint density at radius 2 is 2.64 bits per heavy atom. The van der Waals surface area contributed by atoms with Gasteiger partial charge in [-0.1, -0.05) is 20.4 Å². The van der Waals surface area contributed by atoms with Gasteiger partial charge in [-0.25, -0.2) is 0 Å². The molecule has 78 valence electrons. The van der Waals surface area contributed by atoms with Gasteiger partial charge in [0.15, 0.2) is 0 Å². The van der Waals surface area contributed by atoms with Crippen molar-refractivity contribution in [3.63, 3.8) is 0 Å². The average Bonchev–Trinajstić information content (AvgIpc) is 2.79. The van der Waals surface area contributed by atoms with Crippen LogP contribution in [0.1, 0.15) is 18.2 Å². The third-order valence-corrected chi connectivity index (χ3v) is 4.81. The van der Waals surface area contributed by atoms with Crippen molar-refractivity contribution in [2.45, 2.75) is 25.9 Å². The average molecular weight is 277 g/mol. The predicted molar refractivity (Wildman–Crippen MR) is 59.9 cm³/mol. The SMILES string of the molecule is CC1OCCC1(CBr)Cc1cnns1. The molecule has 2 rings (SSSR count). The van der Waals surface area contributed by atoms with Crippen molar-refractivity contribution in [1.29, 1.82) is 0 Å². The number of nitrogens with zero attached hydrogens (tertiary/aromatic N) is 2. The van der Waals surface area contributed by atoms with E-state index in [1.54, 1.807) is 0 Å². The summed E-state index contributed by atoms with van der Waals surface area (Å²) in [6, 6.07) is 0. The number of halogens is 1. The Morgan fingerprint density at radius 1 is 1.79 bits per heavy atom. The molecule has 1 saturated heterocycles. The zero-order valence-electron chi connectivity index (χ0n) is 8.07. The maximum Gasteiger partial charge on any atom is 0.0653 e. The largest absolute Gasteiger partial charge is 0.378 e. The highest BCUT2D eigenvalue weighted by molar-refractivity contribution is 9.09. The van der Waals surface area contributed by atoms with Gasteiger partial charge < -0.3 is 4.74 Å². The minimum Gasteiger partial charge on any atom is -0.378 e. The topological polar surface area (TPSA) is 35.0 Å². The van der Waals surface area contributed by atoms with Gasteiger partial charge in [-0.2, -0.15) is 0 Å². The minimum absolute atomic E-state index is 0.244. The summed E-state index contributed by atoms with van der Waals surface area (Å²) in [4.78, 5) is 1.25. The normalized spacial score (nSPS) is 32.3. The fourth-order valence-electron chi connectivity index (χ4n) is 1.89. The minimum atomic E-state index is 0.244. The van der Waals surface area contributed by atoms with E-state index in [9.17, 15) is 0 Å². The lowest BCUT2D eigenvalue weighted by Gasteiger charge is -2.29. The molecule has 0 radical (unpaired) electrons. The molecule has 1 aromatic heterocycles. The van der Waals surface area contributed by atoms with E-state index < -0.39 is 0 Å². The molecule has 14 heavy (non-hydrogen) atoms. The highest BCUT2D eigenvalue weighted by Crippen LogP contribution is 2.40. The van der Waals surface area contributed by atoms with E-state index in [1.807, 2.05) is 6.20 Å². The highest BCUT2D eigenvalue weighted by atomic mass is 79.9. The number of hydrogen-bond acceptors (Lipinski definition) is 4. The van der Waals surface area contributed by atoms with Crippen LogP contribution in [0.3, 0.4) is 0 Å². The van der Waals surface area contributed by atoms with Crippen molar-refractivity contribution in [1.82, 2.24) is 9.59 Å². The molecule has 1 fully saturated rings. The van der Waals surface area contributed by atoms with Gasteiger partial charge in [0.1, 0.15) is 0 Å². The second kappa shape index (κ2) is 4.24. The van der Waals surface area contributed by atoms with E-state index in [0.29, 0.717) is 6.10 Å². The molecule has 1 aliphatic rings. The van der Waals surface area contributed by atoms with E-state index >= 15 is 0 Å². The Bertz CT molecular complexity index is 293. The third-order valence-electron chi connectivity index (χ3n) is 3.03. The van der Waals surface area contributed by atoms with Crippen LogP contribution >= 0.6 is 27.5 Å². The van der Waals surface area contributed by atoms with Gasteiger partial charge in [-0.15, -0.1) is 5.10 Å². The smallest absolute Gasteiger partial charge is 0.0653 e. The maximum atomic E-state index is 5.64. The van der Waals surface area contributed by atoms with Gasteiger partial charge in [0.25, 0.3) is 0 Å². The van der Waals surface area contributed by atoms with Gasteiger partial charge in [0, 0.05) is 22.2 Å². The fourth-order valence-corrected chi connectivity index (χ4v) is 3.47. The van der Waals surface area contributed by atoms with Crippen LogP contribution in [0.4, 0.5) is 0 Å². The Labute approximate surface area is 96.2 Å². The molecule has 0 aromatic carbocycles. The summed E-state index contributed by atoms with van der Waals surface area (Å²) in [5, 5.41) is 4.85. The van der Waals surface area contributed by atoms with Crippen molar-refractivity contribution in [3.8, 4) is 0 Å². The van der Waals surface area contributed by atoms with Crippen LogP contribution in [0.2, 0.25) is 0 Å². The van der Waals surface area contributed by atoms with Crippen LogP contribution in [0.5, 0.6) is 0 Å². The maximum absolute atomic E-state index is 5.64. The summed E-state index contributed by atoms with van der Waals surface area (Å²) in [7, 11) is 0. The summed E-state index contributed by atoms with van der Waals surface area (Å²) in [6.45, 7) is 3.03. The predicted octanol–water partition coefficient (Wildman–Crippen LogP) is 2.27. The second-order valence-corrected chi connectivity index (χ2v) is 5.25. The van der Waals surface area contributed by atoms with Crippen LogP contribution in [0.15, 0.2) is 6.20 Å². The molecule has 0 spiro atoms. The highest BCUT2D eigenvalue weighted by Gasteiger charge is 2.40. The van der Waals surface area contributed by atoms with Crippen molar-refractivity contribution in [3.05, 3.63) is 11.1 Å². The molecule has 2 atom stereocenters. The first kappa shape index (κ1) is 10.5. The number of ether oxygens (including phenoxy) is 1. The quantitative estimate of drug-likeness (QED) is 0.795. The monoisotopic (exact) mass is 276 g/mol. The van der Waals surface area contributed by atoms with Crippen molar-refractivity contribution >= 4 is 27.5 Å². The molecule has 0 bridgehead atoms. The lowest BCUT2D eigenvalue weighted by Crippen LogP contribution is -2.32. The van der Waals surface area contributed by atoms with Crippen molar-refractivity contribution in [2.75, 3.05) is 11.9 Å². The Balaban J connectivity index is 2.13. The first-order valence-electron chi connectivity index (χ1n) is 4.71. The summed E-state index contributed by atoms with van der Waals surface area (Å²) < 4.78 is 9.53.